The number of azo groups is 1. The molecule has 2 aliphatic rings. The first-order chi connectivity index (χ1) is 63.0. The molecule has 18 rings (SSSR count). The second-order valence-electron chi connectivity index (χ2n) is 26.8. The summed E-state index contributed by atoms with van der Waals surface area (Å²) in [5.41, 5.74) is 26.4. The maximum Gasteiger partial charge on any atom is 1.00 e. The number of nitrogens with zero attached hydrogens (tertiary/aromatic N) is 16. The van der Waals surface area contributed by atoms with Crippen LogP contribution in [0.25, 0.3) is 87.2 Å². The summed E-state index contributed by atoms with van der Waals surface area (Å²) in [5, 5.41) is 84.1. The van der Waals surface area contributed by atoms with Crippen molar-refractivity contribution in [1.82, 2.24) is 29.9 Å². The number of aromatic nitrogens is 8. The third-order valence-electron chi connectivity index (χ3n) is 16.5. The van der Waals surface area contributed by atoms with Crippen LogP contribution in [0.15, 0.2) is 287 Å². The minimum Gasteiger partial charge on any atom is -0.618 e. The third kappa shape index (κ3) is 41.7. The first-order valence-electron chi connectivity index (χ1n) is 36.8. The molecule has 0 saturated carbocycles. The fraction of sp³-hybridized carbons (Fsp3) is 0.141. The summed E-state index contributed by atoms with van der Waals surface area (Å²) in [4.78, 5) is 81.3. The molecule has 0 bridgehead atoms. The van der Waals surface area contributed by atoms with Gasteiger partial charge in [-0.2, -0.15) is 19.7 Å². The first kappa shape index (κ1) is 124. The summed E-state index contributed by atoms with van der Waals surface area (Å²) in [6.45, 7) is 5.37. The van der Waals surface area contributed by atoms with Crippen molar-refractivity contribution in [3.63, 3.8) is 0 Å². The van der Waals surface area contributed by atoms with Crippen molar-refractivity contribution >= 4 is 317 Å². The molecule has 0 aliphatic carbocycles. The normalized spacial score (nSPS) is 10.6. The number of pyridine rings is 8. The zero-order valence-electron chi connectivity index (χ0n) is 70.7. The van der Waals surface area contributed by atoms with Gasteiger partial charge in [-0.15, -0.1) is 10.2 Å². The zero-order chi connectivity index (χ0) is 98.6. The molecule has 52 heteroatoms. The van der Waals surface area contributed by atoms with Crippen molar-refractivity contribution in [2.24, 2.45) is 31.8 Å². The van der Waals surface area contributed by atoms with E-state index in [4.69, 9.17) is 44.1 Å². The van der Waals surface area contributed by atoms with E-state index in [1.807, 2.05) is 115 Å². The molecule has 10 heterocycles. The number of benzene rings is 8. The summed E-state index contributed by atoms with van der Waals surface area (Å²) in [6, 6.07) is 63.1. The van der Waals surface area contributed by atoms with Gasteiger partial charge in [0.1, 0.15) is 23.7 Å². The zero-order valence-corrected chi connectivity index (χ0v) is 90.4. The number of halogens is 12. The van der Waals surface area contributed by atoms with Gasteiger partial charge in [-0.1, -0.05) is 196 Å². The Morgan fingerprint density at radius 1 is 0.496 bits per heavy atom. The number of fused-ring (bicyclic) bond motifs is 10. The van der Waals surface area contributed by atoms with Crippen LogP contribution in [0.2, 0.25) is 5.15 Å². The van der Waals surface area contributed by atoms with E-state index in [2.05, 4.69) is 255 Å². The van der Waals surface area contributed by atoms with E-state index < -0.39 is 32.0 Å². The molecule has 0 spiro atoms. The Hall–Kier alpha value is -9.14. The van der Waals surface area contributed by atoms with Crippen LogP contribution in [0.3, 0.4) is 0 Å². The third-order valence-corrected chi connectivity index (χ3v) is 20.7. The Kier molecular flexibility index (Phi) is 55.6. The van der Waals surface area contributed by atoms with E-state index in [1.54, 1.807) is 87.6 Å². The van der Waals surface area contributed by atoms with Crippen molar-refractivity contribution in [2.45, 2.75) is 60.7 Å². The van der Waals surface area contributed by atoms with E-state index in [-0.39, 0.29) is 89.5 Å². The smallest absolute Gasteiger partial charge is 0.618 e. The second-order valence-corrected chi connectivity index (χ2v) is 41.1. The van der Waals surface area contributed by atoms with Crippen molar-refractivity contribution in [2.75, 3.05) is 38.5 Å². The number of hydrogen-bond donors (Lipinski definition) is 5. The number of nitrogen functional groups attached to an aromatic ring is 3. The molecular weight excluding hydrogens is 2460 g/mol. The minimum atomic E-state index is -3.22. The van der Waals surface area contributed by atoms with Gasteiger partial charge in [-0.3, -0.25) is 49.9 Å². The number of nitro groups is 3. The molecule has 0 saturated heterocycles. The predicted octanol–water partition coefficient (Wildman–Crippen LogP) is 24.8. The molecule has 8 aromatic carbocycles. The number of hydrogen-bond acceptors (Lipinski definition) is 32. The number of nitrogens with two attached hydrogens (primary N) is 4. The molecule has 0 radical (unpaired) electrons. The van der Waals surface area contributed by atoms with Crippen LogP contribution in [-0.2, 0) is 53.6 Å². The van der Waals surface area contributed by atoms with E-state index in [0.717, 1.165) is 125 Å². The summed E-state index contributed by atoms with van der Waals surface area (Å²) in [7, 11) is 4.53. The van der Waals surface area contributed by atoms with Crippen molar-refractivity contribution in [3.05, 3.63) is 333 Å². The van der Waals surface area contributed by atoms with Gasteiger partial charge < -0.3 is 62.0 Å². The largest absolute Gasteiger partial charge is 1.00 e. The number of ether oxygens (including phenoxy) is 3. The SMILES string of the molecule is Brc1ccc2cc3c(nc2c1)CC=N3.Brc1ccc2cc3c(nc2c1)CN=N3.Brc1ccc2cccnc2c1.C.C.CC(C)(C)ON=O.COC(OC)OC.NO.Nc1cc2ccc(Br)cc2nc1N.Nc1nc2cc(Br)ccc2cc1[N+](=O)[O-].O=N[O-].O=P(Cl)(Cl)Cl.O=[N+]([O-])c1cc2ccc(Br)cc2[n+]([O-])c1.O=[N+]([O-])c1cc2ccc(Br)cc2nc1Cl.[Fe].[Na+].[O-][n+]1cccc2ccc(Br)cc21. The van der Waals surface area contributed by atoms with Crippen molar-refractivity contribution < 1.29 is 99.7 Å². The van der Waals surface area contributed by atoms with E-state index in [0.29, 0.717) is 61.0 Å². The molecule has 16 aromatic rings. The van der Waals surface area contributed by atoms with Gasteiger partial charge in [0, 0.05) is 167 Å². The topological polar surface area (TPSA) is 558 Å². The Labute approximate surface area is 901 Å². The molecule has 9 N–H and O–H groups in total. The standard InChI is InChI=1S/C11H7BrN2.C10H6BrN3.C9H4BrClN2O2.C9H6BrN3O2.C9H8BrN3.C9H5BrN2O3.C9H6BrNO.C9H6BrN.C4H9NO2.C4H10O3.2CH4.Cl3OP.Fe.HNO2.H3NO.Na/c12-8-2-1-7-5-11-9(3-4-13-11)14-10(7)6-8;11-7-2-1-6-3-9-10(5-12-14-9)13-8(6)4-7;2*10-6-2-1-5-3-8(13(14)15)9(11)12-7(5)4-6;10-6-2-1-5-3-7(11)9(12)13-8(5)4-6;10-7-2-1-6-3-8(12(14)15)5-11(13)9(6)4-7;10-8-4-3-7-2-1-5-11(12)9(7)6-8;10-8-4-3-7-2-1-5-11-9(7)6-8;1-4(2,3)7-5-6;1-5-4(6-2)7-3;;;1-5(2,3)4;;2-1-3;1-2;/h1-2,4-6H,3H2;1-4H,5H2;1-4H;1-4H,(H2,11,12);1-4H,11H2,(H2,12,13);1-5H;1-6H;1-6H;1-3H3;4H,1-3H3;2*1H4;;;(H,2,3);2H,1H2;/q;;;;;;;;;;;;;;;;+1/p-1. The predicted molar refractivity (Wildman–Crippen MR) is 561 cm³/mol. The summed E-state index contributed by atoms with van der Waals surface area (Å²) in [5.74, 6) is 3.82. The molecule has 37 nitrogen and oxygen atoms in total. The van der Waals surface area contributed by atoms with Gasteiger partial charge in [0.2, 0.25) is 22.0 Å². The summed E-state index contributed by atoms with van der Waals surface area (Å²) >= 11 is 46.3. The number of aliphatic imine (C=N–C) groups is 1. The second kappa shape index (κ2) is 61.4. The average molecular weight is 2540 g/mol. The molecule has 8 aromatic heterocycles. The number of methoxy groups -OCH3 is 3. The van der Waals surface area contributed by atoms with Gasteiger partial charge in [0.05, 0.1) is 76.0 Å². The van der Waals surface area contributed by atoms with Crippen LogP contribution >= 0.6 is 178 Å². The van der Waals surface area contributed by atoms with Crippen LogP contribution in [0, 0.1) is 55.8 Å². The van der Waals surface area contributed by atoms with Crippen molar-refractivity contribution in [3.8, 4) is 0 Å². The van der Waals surface area contributed by atoms with Gasteiger partial charge in [-0.25, -0.2) is 25.8 Å². The minimum absolute atomic E-state index is 0. The van der Waals surface area contributed by atoms with Gasteiger partial charge in [0.15, 0.2) is 11.5 Å². The maximum atomic E-state index is 11.4. The van der Waals surface area contributed by atoms with E-state index in [1.165, 1.54) is 51.1 Å². The quantitative estimate of drug-likeness (QED) is 0.0114. The molecule has 0 amide bonds. The number of anilines is 3. The van der Waals surface area contributed by atoms with Crippen LogP contribution in [0.1, 0.15) is 47.0 Å². The van der Waals surface area contributed by atoms with E-state index in [9.17, 15) is 50.2 Å². The summed E-state index contributed by atoms with van der Waals surface area (Å²) in [6.07, 6.45) is 7.02. The fourth-order valence-electron chi connectivity index (χ4n) is 10.8. The average Bonchev–Trinajstić information content (AvgIpc) is 1.80. The Balaban J connectivity index is 0.000000511. The molecule has 0 atom stereocenters. The Morgan fingerprint density at radius 3 is 1.31 bits per heavy atom. The van der Waals surface area contributed by atoms with Gasteiger partial charge >= 0.3 is 51.8 Å². The van der Waals surface area contributed by atoms with Gasteiger partial charge in [-0.05, 0) is 182 Å². The Bertz CT molecular complexity index is 6750. The Morgan fingerprint density at radius 2 is 0.876 bits per heavy atom. The van der Waals surface area contributed by atoms with Gasteiger partial charge in [0.25, 0.3) is 12.7 Å². The molecule has 0 fully saturated rings. The summed E-state index contributed by atoms with van der Waals surface area (Å²) < 4.78 is 32.2. The number of rotatable bonds is 7. The first-order valence-corrected chi connectivity index (χ1v) is 48.0. The van der Waals surface area contributed by atoms with Crippen LogP contribution in [0.4, 0.5) is 45.8 Å². The van der Waals surface area contributed by atoms with Crippen LogP contribution in [-0.4, -0.2) is 89.5 Å². The fourth-order valence-corrected chi connectivity index (χ4v) is 13.8. The molecule has 718 valence electrons. The van der Waals surface area contributed by atoms with Crippen LogP contribution in [0.5, 0.6) is 0 Å². The molecule has 2 aliphatic heterocycles. The molecular formula is C85H78Br8Cl4FeN20NaO17P. The maximum absolute atomic E-state index is 11.4. The van der Waals surface area contributed by atoms with Crippen LogP contribution < -0.4 is 62.1 Å². The molecule has 0 unspecified atom stereocenters. The van der Waals surface area contributed by atoms with Crippen molar-refractivity contribution in [1.29, 1.82) is 0 Å². The van der Waals surface area contributed by atoms with E-state index >= 15 is 0 Å². The molecule has 137 heavy (non-hydrogen) atoms. The monoisotopic (exact) mass is 2530 g/mol.